The van der Waals surface area contributed by atoms with Gasteiger partial charge in [-0.2, -0.15) is 0 Å². The van der Waals surface area contributed by atoms with Gasteiger partial charge in [0, 0.05) is 18.5 Å². The molecule has 2 unspecified atom stereocenters. The van der Waals surface area contributed by atoms with E-state index in [2.05, 4.69) is 39.5 Å². The van der Waals surface area contributed by atoms with E-state index in [0.29, 0.717) is 23.2 Å². The number of Topliss-reactive ketones (excluding diaryl/α,β-unsaturated/α-hetero) is 1. The summed E-state index contributed by atoms with van der Waals surface area (Å²) < 4.78 is 0. The van der Waals surface area contributed by atoms with E-state index >= 15 is 0 Å². The molecule has 0 aromatic carbocycles. The largest absolute Gasteiger partial charge is 0.298 e. The molecule has 0 spiro atoms. The Kier molecular flexibility index (Phi) is 4.40. The molecule has 1 heterocycles. The Balaban J connectivity index is 2.85. The minimum absolute atomic E-state index is 0.152. The van der Waals surface area contributed by atoms with Crippen molar-refractivity contribution < 1.29 is 4.79 Å². The van der Waals surface area contributed by atoms with Gasteiger partial charge in [-0.15, -0.1) is 0 Å². The zero-order valence-electron chi connectivity index (χ0n) is 12.6. The van der Waals surface area contributed by atoms with Crippen molar-refractivity contribution in [3.63, 3.8) is 0 Å². The molecule has 0 N–H and O–H groups in total. The summed E-state index contributed by atoms with van der Waals surface area (Å²) in [7, 11) is 0. The van der Waals surface area contributed by atoms with Crippen LogP contribution in [0.3, 0.4) is 0 Å². The normalized spacial score (nSPS) is 27.1. The predicted octanol–water partition coefficient (Wildman–Crippen LogP) is 3.36. The van der Waals surface area contributed by atoms with E-state index in [1.807, 2.05) is 13.8 Å². The molecule has 1 saturated heterocycles. The molecular formula is C15H29NO. The molecule has 1 aliphatic rings. The maximum absolute atomic E-state index is 12.3. The molecule has 1 fully saturated rings. The highest BCUT2D eigenvalue weighted by Crippen LogP contribution is 2.38. The van der Waals surface area contributed by atoms with Gasteiger partial charge in [0.2, 0.25) is 0 Å². The zero-order chi connectivity index (χ0) is 13.4. The standard InChI is InChI=1S/C15H29NO/c1-10(2)14(17)13-8-12(15(5,6)7)9-16(13)11(3)4/h10-13H,8-9H2,1-7H3. The van der Waals surface area contributed by atoms with Crippen molar-refractivity contribution in [2.24, 2.45) is 17.3 Å². The minimum Gasteiger partial charge on any atom is -0.298 e. The molecule has 2 heteroatoms. The van der Waals surface area contributed by atoms with Crippen molar-refractivity contribution >= 4 is 5.78 Å². The van der Waals surface area contributed by atoms with E-state index in [0.717, 1.165) is 13.0 Å². The van der Waals surface area contributed by atoms with E-state index in [-0.39, 0.29) is 12.0 Å². The zero-order valence-corrected chi connectivity index (χ0v) is 12.6. The summed E-state index contributed by atoms with van der Waals surface area (Å²) in [5.41, 5.74) is 0.305. The molecular weight excluding hydrogens is 210 g/mol. The molecule has 0 saturated carbocycles. The van der Waals surface area contributed by atoms with Crippen LogP contribution in [-0.2, 0) is 4.79 Å². The summed E-state index contributed by atoms with van der Waals surface area (Å²) in [6.07, 6.45) is 1.04. The van der Waals surface area contributed by atoms with E-state index in [1.165, 1.54) is 0 Å². The molecule has 0 amide bonds. The highest BCUT2D eigenvalue weighted by molar-refractivity contribution is 5.86. The Morgan fingerprint density at radius 3 is 2.06 bits per heavy atom. The summed E-state index contributed by atoms with van der Waals surface area (Å²) in [6.45, 7) is 16.4. The third-order valence-electron chi connectivity index (χ3n) is 4.12. The second-order valence-corrected chi connectivity index (χ2v) is 7.16. The molecule has 0 radical (unpaired) electrons. The number of carbonyl (C=O) groups is 1. The second-order valence-electron chi connectivity index (χ2n) is 7.16. The molecule has 0 aromatic rings. The SMILES string of the molecule is CC(C)C(=O)C1CC(C(C)(C)C)CN1C(C)C. The quantitative estimate of drug-likeness (QED) is 0.752. The van der Waals surface area contributed by atoms with Gasteiger partial charge in [0.15, 0.2) is 5.78 Å². The topological polar surface area (TPSA) is 20.3 Å². The number of ketones is 1. The minimum atomic E-state index is 0.152. The van der Waals surface area contributed by atoms with Crippen LogP contribution in [0.15, 0.2) is 0 Å². The lowest BCUT2D eigenvalue weighted by Gasteiger charge is -2.29. The van der Waals surface area contributed by atoms with Crippen LogP contribution in [-0.4, -0.2) is 29.3 Å². The van der Waals surface area contributed by atoms with Gasteiger partial charge in [0.25, 0.3) is 0 Å². The van der Waals surface area contributed by atoms with Crippen LogP contribution in [0, 0.1) is 17.3 Å². The number of carbonyl (C=O) groups excluding carboxylic acids is 1. The molecule has 2 atom stereocenters. The van der Waals surface area contributed by atoms with Crippen molar-refractivity contribution in [1.82, 2.24) is 4.90 Å². The lowest BCUT2D eigenvalue weighted by molar-refractivity contribution is -0.126. The first-order valence-corrected chi connectivity index (χ1v) is 6.94. The van der Waals surface area contributed by atoms with Crippen LogP contribution in [0.2, 0.25) is 0 Å². The summed E-state index contributed by atoms with van der Waals surface area (Å²) in [4.78, 5) is 14.7. The summed E-state index contributed by atoms with van der Waals surface area (Å²) in [6, 6.07) is 0.620. The molecule has 2 nitrogen and oxygen atoms in total. The lowest BCUT2D eigenvalue weighted by Crippen LogP contribution is -2.42. The number of hydrogen-bond donors (Lipinski definition) is 0. The Morgan fingerprint density at radius 1 is 1.18 bits per heavy atom. The Morgan fingerprint density at radius 2 is 1.71 bits per heavy atom. The van der Waals surface area contributed by atoms with Crippen LogP contribution >= 0.6 is 0 Å². The van der Waals surface area contributed by atoms with Gasteiger partial charge in [-0.3, -0.25) is 9.69 Å². The first-order chi connectivity index (χ1) is 7.64. The Hall–Kier alpha value is -0.370. The maximum Gasteiger partial charge on any atom is 0.152 e. The van der Waals surface area contributed by atoms with Crippen LogP contribution in [0.5, 0.6) is 0 Å². The third-order valence-corrected chi connectivity index (χ3v) is 4.12. The maximum atomic E-state index is 12.3. The summed E-state index contributed by atoms with van der Waals surface area (Å²) in [5.74, 6) is 1.21. The average molecular weight is 239 g/mol. The first kappa shape index (κ1) is 14.7. The summed E-state index contributed by atoms with van der Waals surface area (Å²) in [5, 5.41) is 0. The van der Waals surface area contributed by atoms with Gasteiger partial charge in [0.05, 0.1) is 6.04 Å². The van der Waals surface area contributed by atoms with Crippen LogP contribution in [0.1, 0.15) is 54.9 Å². The van der Waals surface area contributed by atoms with Crippen LogP contribution in [0.25, 0.3) is 0 Å². The van der Waals surface area contributed by atoms with Crippen molar-refractivity contribution in [2.45, 2.75) is 67.0 Å². The van der Waals surface area contributed by atoms with Crippen molar-refractivity contribution in [3.05, 3.63) is 0 Å². The van der Waals surface area contributed by atoms with Crippen LogP contribution in [0.4, 0.5) is 0 Å². The fourth-order valence-corrected chi connectivity index (χ4v) is 2.72. The van der Waals surface area contributed by atoms with Gasteiger partial charge >= 0.3 is 0 Å². The van der Waals surface area contributed by atoms with E-state index in [9.17, 15) is 4.79 Å². The van der Waals surface area contributed by atoms with E-state index in [1.54, 1.807) is 0 Å². The number of hydrogen-bond acceptors (Lipinski definition) is 2. The summed E-state index contributed by atoms with van der Waals surface area (Å²) >= 11 is 0. The lowest BCUT2D eigenvalue weighted by atomic mass is 9.79. The molecule has 0 aromatic heterocycles. The Labute approximate surface area is 107 Å². The van der Waals surface area contributed by atoms with Gasteiger partial charge in [0.1, 0.15) is 0 Å². The van der Waals surface area contributed by atoms with Gasteiger partial charge in [-0.05, 0) is 31.6 Å². The highest BCUT2D eigenvalue weighted by Gasteiger charge is 2.42. The number of nitrogens with zero attached hydrogens (tertiary/aromatic N) is 1. The van der Waals surface area contributed by atoms with Crippen molar-refractivity contribution in [3.8, 4) is 0 Å². The predicted molar refractivity (Wildman–Crippen MR) is 73.0 cm³/mol. The molecule has 17 heavy (non-hydrogen) atoms. The smallest absolute Gasteiger partial charge is 0.152 e. The molecule has 0 aliphatic carbocycles. The van der Waals surface area contributed by atoms with Gasteiger partial charge < -0.3 is 0 Å². The number of rotatable bonds is 3. The highest BCUT2D eigenvalue weighted by atomic mass is 16.1. The van der Waals surface area contributed by atoms with Gasteiger partial charge in [-0.25, -0.2) is 0 Å². The van der Waals surface area contributed by atoms with Crippen molar-refractivity contribution in [1.29, 1.82) is 0 Å². The third kappa shape index (κ3) is 3.31. The Bertz CT molecular complexity index is 275. The molecule has 1 rings (SSSR count). The fourth-order valence-electron chi connectivity index (χ4n) is 2.72. The molecule has 1 aliphatic heterocycles. The number of likely N-dealkylation sites (tertiary alicyclic amines) is 1. The fraction of sp³-hybridized carbons (Fsp3) is 0.933. The molecule has 0 bridgehead atoms. The monoisotopic (exact) mass is 239 g/mol. The van der Waals surface area contributed by atoms with E-state index in [4.69, 9.17) is 0 Å². The average Bonchev–Trinajstić information content (AvgIpc) is 2.59. The first-order valence-electron chi connectivity index (χ1n) is 6.94. The van der Waals surface area contributed by atoms with Crippen molar-refractivity contribution in [2.75, 3.05) is 6.54 Å². The second kappa shape index (κ2) is 5.09. The van der Waals surface area contributed by atoms with Crippen LogP contribution < -0.4 is 0 Å². The van der Waals surface area contributed by atoms with E-state index < -0.39 is 0 Å². The van der Waals surface area contributed by atoms with Gasteiger partial charge in [-0.1, -0.05) is 34.6 Å². The molecule has 100 valence electrons.